The van der Waals surface area contributed by atoms with E-state index in [2.05, 4.69) is 29.2 Å². The first-order valence-corrected chi connectivity index (χ1v) is 12.8. The molecule has 0 aliphatic carbocycles. The van der Waals surface area contributed by atoms with E-state index in [9.17, 15) is 5.11 Å². The van der Waals surface area contributed by atoms with Gasteiger partial charge in [-0.3, -0.25) is 4.40 Å². The van der Waals surface area contributed by atoms with Crippen molar-refractivity contribution in [1.82, 2.24) is 9.38 Å². The number of nitrogens with zero attached hydrogens (tertiary/aromatic N) is 3. The van der Waals surface area contributed by atoms with Gasteiger partial charge in [-0.25, -0.2) is 4.98 Å². The first-order valence-electron chi connectivity index (χ1n) is 11.2. The van der Waals surface area contributed by atoms with Crippen LogP contribution in [0.4, 0.5) is 5.82 Å². The molecule has 176 valence electrons. The summed E-state index contributed by atoms with van der Waals surface area (Å²) in [6.45, 7) is 6.59. The average molecular weight is 507 g/mol. The molecule has 0 saturated carbocycles. The summed E-state index contributed by atoms with van der Waals surface area (Å²) in [5.41, 5.74) is 9.12. The van der Waals surface area contributed by atoms with Crippen LogP contribution >= 0.6 is 35.0 Å². The highest BCUT2D eigenvalue weighted by Crippen LogP contribution is 2.44. The predicted molar refractivity (Wildman–Crippen MR) is 134 cm³/mol. The summed E-state index contributed by atoms with van der Waals surface area (Å²) in [4.78, 5) is 9.00. The number of halogens is 2. The fourth-order valence-corrected chi connectivity index (χ4v) is 6.54. The smallest absolute Gasteiger partial charge is 0.153 e. The highest BCUT2D eigenvalue weighted by molar-refractivity contribution is 7.99. The maximum atomic E-state index is 9.80. The number of aliphatic hydroxyl groups is 1. The third kappa shape index (κ3) is 4.03. The minimum Gasteiger partial charge on any atom is -0.390 e. The van der Waals surface area contributed by atoms with Crippen LogP contribution in [0.1, 0.15) is 31.0 Å². The zero-order valence-corrected chi connectivity index (χ0v) is 21.1. The van der Waals surface area contributed by atoms with E-state index in [1.54, 1.807) is 17.8 Å². The molecule has 5 rings (SSSR count). The van der Waals surface area contributed by atoms with Crippen LogP contribution in [0.3, 0.4) is 0 Å². The number of piperidine rings is 1. The quantitative estimate of drug-likeness (QED) is 0.522. The topological polar surface area (TPSA) is 76.0 Å². The van der Waals surface area contributed by atoms with Gasteiger partial charge in [0.2, 0.25) is 0 Å². The van der Waals surface area contributed by atoms with Crippen molar-refractivity contribution < 1.29 is 9.84 Å². The molecule has 2 fully saturated rings. The number of nitrogens with two attached hydrogens (primary N) is 1. The van der Waals surface area contributed by atoms with Crippen molar-refractivity contribution in [3.05, 3.63) is 51.8 Å². The molecular formula is C24H28Cl2N4O2S. The first-order chi connectivity index (χ1) is 15.8. The number of ether oxygens (including phenoxy) is 1. The average Bonchev–Trinajstić information content (AvgIpc) is 3.36. The van der Waals surface area contributed by atoms with Crippen LogP contribution < -0.4 is 10.6 Å². The van der Waals surface area contributed by atoms with Gasteiger partial charge in [-0.1, -0.05) is 41.0 Å². The van der Waals surface area contributed by atoms with Crippen molar-refractivity contribution in [3.63, 3.8) is 0 Å². The Balaban J connectivity index is 1.50. The molecule has 2 atom stereocenters. The minimum absolute atomic E-state index is 0.0639. The molecule has 4 heterocycles. The number of hydrogen-bond donors (Lipinski definition) is 2. The molecule has 9 heteroatoms. The monoisotopic (exact) mass is 506 g/mol. The van der Waals surface area contributed by atoms with Gasteiger partial charge in [0.1, 0.15) is 5.82 Å². The van der Waals surface area contributed by atoms with Gasteiger partial charge in [0.15, 0.2) is 5.65 Å². The lowest BCUT2D eigenvalue weighted by Crippen LogP contribution is -2.50. The van der Waals surface area contributed by atoms with Gasteiger partial charge in [-0.2, -0.15) is 0 Å². The highest BCUT2D eigenvalue weighted by atomic mass is 35.5. The maximum absolute atomic E-state index is 9.80. The second-order valence-electron chi connectivity index (χ2n) is 9.14. The molecular weight excluding hydrogens is 479 g/mol. The van der Waals surface area contributed by atoms with E-state index >= 15 is 0 Å². The van der Waals surface area contributed by atoms with E-state index < -0.39 is 0 Å². The number of hydrogen-bond acceptors (Lipinski definition) is 6. The molecule has 6 nitrogen and oxygen atoms in total. The molecule has 2 aliphatic rings. The number of benzene rings is 1. The van der Waals surface area contributed by atoms with Gasteiger partial charge >= 0.3 is 0 Å². The summed E-state index contributed by atoms with van der Waals surface area (Å²) in [6.07, 6.45) is 4.02. The van der Waals surface area contributed by atoms with Crippen LogP contribution in [-0.4, -0.2) is 46.3 Å². The molecule has 2 aliphatic heterocycles. The number of aliphatic hydroxyl groups excluding tert-OH is 1. The van der Waals surface area contributed by atoms with E-state index in [0.29, 0.717) is 15.7 Å². The summed E-state index contributed by atoms with van der Waals surface area (Å²) < 4.78 is 7.98. The number of aromatic nitrogens is 2. The number of imidazole rings is 1. The molecule has 2 aromatic heterocycles. The normalized spacial score (nSPS) is 22.5. The zero-order valence-electron chi connectivity index (χ0n) is 18.7. The number of aryl methyl sites for hydroxylation is 1. The predicted octanol–water partition coefficient (Wildman–Crippen LogP) is 4.93. The second-order valence-corrected chi connectivity index (χ2v) is 11.0. The van der Waals surface area contributed by atoms with Gasteiger partial charge in [0.25, 0.3) is 0 Å². The molecule has 2 saturated heterocycles. The van der Waals surface area contributed by atoms with Gasteiger partial charge in [0.05, 0.1) is 40.0 Å². The van der Waals surface area contributed by atoms with Gasteiger partial charge in [0, 0.05) is 35.6 Å². The molecule has 33 heavy (non-hydrogen) atoms. The molecule has 3 aromatic rings. The third-order valence-electron chi connectivity index (χ3n) is 7.13. The second kappa shape index (κ2) is 8.95. The Morgan fingerprint density at radius 1 is 1.30 bits per heavy atom. The fourth-order valence-electron chi connectivity index (χ4n) is 5.04. The summed E-state index contributed by atoms with van der Waals surface area (Å²) in [5.74, 6) is 1.08. The van der Waals surface area contributed by atoms with Crippen molar-refractivity contribution in [2.75, 3.05) is 24.6 Å². The molecule has 1 aromatic carbocycles. The van der Waals surface area contributed by atoms with Crippen LogP contribution in [0.5, 0.6) is 0 Å². The number of fused-ring (bicyclic) bond motifs is 1. The summed E-state index contributed by atoms with van der Waals surface area (Å²) >= 11 is 14.2. The lowest BCUT2D eigenvalue weighted by Gasteiger charge is -2.42. The lowest BCUT2D eigenvalue weighted by molar-refractivity contribution is 0.0974. The van der Waals surface area contributed by atoms with Crippen LogP contribution in [0.25, 0.3) is 5.65 Å². The lowest BCUT2D eigenvalue weighted by atomic mass is 9.73. The minimum atomic E-state index is -0.116. The van der Waals surface area contributed by atoms with Crippen LogP contribution in [0.15, 0.2) is 40.3 Å². The van der Waals surface area contributed by atoms with E-state index in [1.165, 1.54) is 0 Å². The van der Waals surface area contributed by atoms with Gasteiger partial charge in [-0.15, -0.1) is 0 Å². The molecule has 1 spiro atoms. The zero-order chi connectivity index (χ0) is 23.3. The van der Waals surface area contributed by atoms with Crippen molar-refractivity contribution in [3.8, 4) is 0 Å². The largest absolute Gasteiger partial charge is 0.390 e. The highest BCUT2D eigenvalue weighted by Gasteiger charge is 2.47. The van der Waals surface area contributed by atoms with Crippen molar-refractivity contribution in [1.29, 1.82) is 0 Å². The maximum Gasteiger partial charge on any atom is 0.153 e. The third-order valence-corrected chi connectivity index (χ3v) is 9.33. The molecule has 0 amide bonds. The molecule has 0 unspecified atom stereocenters. The van der Waals surface area contributed by atoms with Crippen LogP contribution in [0, 0.1) is 12.3 Å². The van der Waals surface area contributed by atoms with Crippen molar-refractivity contribution >= 4 is 46.4 Å². The summed E-state index contributed by atoms with van der Waals surface area (Å²) in [6, 6.07) is 7.91. The summed E-state index contributed by atoms with van der Waals surface area (Å²) in [5, 5.41) is 10.9. The van der Waals surface area contributed by atoms with E-state index in [0.717, 1.165) is 59.4 Å². The van der Waals surface area contributed by atoms with E-state index in [4.69, 9.17) is 38.7 Å². The van der Waals surface area contributed by atoms with Crippen molar-refractivity contribution in [2.24, 2.45) is 11.1 Å². The van der Waals surface area contributed by atoms with E-state index in [1.807, 2.05) is 18.3 Å². The number of pyridine rings is 1. The van der Waals surface area contributed by atoms with E-state index in [-0.39, 0.29) is 24.2 Å². The standard InChI is InChI=1S/C24H28Cl2N4O2S/c1-14-10-19(29-8-6-24(7-9-29)13-32-15(2)22(24)27)30-11-16(12-31)28-23(30)21(14)33-18-5-3-4-17(25)20(18)26/h3-5,10-11,15,22,31H,6-9,12-13,27H2,1-2H3/t15-,22+/m0/s1. The Morgan fingerprint density at radius 3 is 2.73 bits per heavy atom. The van der Waals surface area contributed by atoms with Gasteiger partial charge < -0.3 is 20.5 Å². The Morgan fingerprint density at radius 2 is 2.06 bits per heavy atom. The molecule has 0 bridgehead atoms. The molecule has 0 radical (unpaired) electrons. The van der Waals surface area contributed by atoms with Crippen LogP contribution in [-0.2, 0) is 11.3 Å². The van der Waals surface area contributed by atoms with Crippen LogP contribution in [0.2, 0.25) is 10.0 Å². The molecule has 3 N–H and O–H groups in total. The van der Waals surface area contributed by atoms with Crippen molar-refractivity contribution in [2.45, 2.75) is 55.2 Å². The fraction of sp³-hybridized carbons (Fsp3) is 0.458. The first kappa shape index (κ1) is 23.3. The Bertz CT molecular complexity index is 1190. The Kier molecular flexibility index (Phi) is 6.31. The number of anilines is 1. The summed E-state index contributed by atoms with van der Waals surface area (Å²) in [7, 11) is 0. The van der Waals surface area contributed by atoms with Gasteiger partial charge in [-0.05, 0) is 50.5 Å². The SMILES string of the molecule is Cc1cc(N2CCC3(CC2)CO[C@@H](C)[C@H]3N)n2cc(CO)nc2c1Sc1cccc(Cl)c1Cl. The Labute approximate surface area is 208 Å². The number of rotatable bonds is 4. The Hall–Kier alpha value is -1.48.